The Morgan fingerprint density at radius 3 is 2.50 bits per heavy atom. The van der Waals surface area contributed by atoms with Gasteiger partial charge in [0.25, 0.3) is 0 Å². The molecule has 0 radical (unpaired) electrons. The quantitative estimate of drug-likeness (QED) is 0.219. The van der Waals surface area contributed by atoms with Crippen LogP contribution in [0.4, 0.5) is 13.2 Å². The molecule has 0 spiro atoms. The molecule has 0 saturated carbocycles. The normalized spacial score (nSPS) is 17.0. The van der Waals surface area contributed by atoms with E-state index in [4.69, 9.17) is 21.1 Å². The van der Waals surface area contributed by atoms with Crippen molar-refractivity contribution >= 4 is 22.5 Å². The van der Waals surface area contributed by atoms with Crippen LogP contribution in [0, 0.1) is 0 Å². The predicted molar refractivity (Wildman–Crippen MR) is 150 cm³/mol. The molecule has 1 aliphatic heterocycles. The van der Waals surface area contributed by atoms with E-state index in [0.29, 0.717) is 23.6 Å². The van der Waals surface area contributed by atoms with Crippen LogP contribution in [0.2, 0.25) is 5.02 Å². The van der Waals surface area contributed by atoms with Gasteiger partial charge in [-0.3, -0.25) is 0 Å². The minimum Gasteiger partial charge on any atom is -0.493 e. The monoisotopic (exact) mass is 562 g/mol. The van der Waals surface area contributed by atoms with E-state index >= 15 is 0 Å². The molecule has 40 heavy (non-hydrogen) atoms. The van der Waals surface area contributed by atoms with Crippen LogP contribution in [0.15, 0.2) is 91.0 Å². The lowest BCUT2D eigenvalue weighted by molar-refractivity contribution is -0.137. The maximum absolute atomic E-state index is 13.1. The number of aromatic nitrogens is 1. The maximum Gasteiger partial charge on any atom is 0.416 e. The first-order valence-corrected chi connectivity index (χ1v) is 13.3. The highest BCUT2D eigenvalue weighted by Crippen LogP contribution is 2.44. The van der Waals surface area contributed by atoms with Gasteiger partial charge in [-0.2, -0.15) is 13.2 Å². The van der Waals surface area contributed by atoms with Gasteiger partial charge in [0.05, 0.1) is 18.7 Å². The smallest absolute Gasteiger partial charge is 0.416 e. The van der Waals surface area contributed by atoms with E-state index < -0.39 is 11.7 Å². The SMILES string of the molecule is COc1cc([C@@H]2NC[C@@H](c3ccccc3Cl)c3c2[nH]c2ccccc32)ccc1OCc1cccc(C(F)(F)F)c1. The molecule has 6 rings (SSSR count). The Morgan fingerprint density at radius 1 is 0.900 bits per heavy atom. The van der Waals surface area contributed by atoms with Crippen molar-refractivity contribution < 1.29 is 22.6 Å². The zero-order valence-electron chi connectivity index (χ0n) is 21.6. The lowest BCUT2D eigenvalue weighted by Crippen LogP contribution is -2.34. The van der Waals surface area contributed by atoms with E-state index in [1.54, 1.807) is 19.2 Å². The van der Waals surface area contributed by atoms with Gasteiger partial charge in [0.15, 0.2) is 11.5 Å². The van der Waals surface area contributed by atoms with Crippen LogP contribution in [0.3, 0.4) is 0 Å². The fourth-order valence-electron chi connectivity index (χ4n) is 5.52. The summed E-state index contributed by atoms with van der Waals surface area (Å²) in [4.78, 5) is 3.63. The number of rotatable bonds is 6. The molecule has 8 heteroatoms. The Labute approximate surface area is 234 Å². The lowest BCUT2D eigenvalue weighted by atomic mass is 9.83. The van der Waals surface area contributed by atoms with Crippen molar-refractivity contribution in [1.82, 2.24) is 10.3 Å². The molecule has 0 bridgehead atoms. The molecule has 5 aromatic rings. The first-order chi connectivity index (χ1) is 19.3. The first kappa shape index (κ1) is 26.3. The molecule has 4 nitrogen and oxygen atoms in total. The van der Waals surface area contributed by atoms with Gasteiger partial charge < -0.3 is 19.8 Å². The molecule has 2 heterocycles. The van der Waals surface area contributed by atoms with Crippen LogP contribution in [0.5, 0.6) is 11.5 Å². The van der Waals surface area contributed by atoms with Gasteiger partial charge in [0.2, 0.25) is 0 Å². The van der Waals surface area contributed by atoms with Crippen LogP contribution in [0.1, 0.15) is 45.5 Å². The Morgan fingerprint density at radius 2 is 1.70 bits per heavy atom. The van der Waals surface area contributed by atoms with Crippen molar-refractivity contribution in [2.75, 3.05) is 13.7 Å². The summed E-state index contributed by atoms with van der Waals surface area (Å²) in [5.41, 5.74) is 5.05. The van der Waals surface area contributed by atoms with Gasteiger partial charge in [-0.15, -0.1) is 0 Å². The second-order valence-electron chi connectivity index (χ2n) is 9.81. The molecule has 2 atom stereocenters. The molecular weight excluding hydrogens is 537 g/mol. The highest BCUT2D eigenvalue weighted by Gasteiger charge is 2.34. The van der Waals surface area contributed by atoms with Gasteiger partial charge >= 0.3 is 6.18 Å². The summed E-state index contributed by atoms with van der Waals surface area (Å²) < 4.78 is 50.9. The predicted octanol–water partition coefficient (Wildman–Crippen LogP) is 8.25. The molecular formula is C32H26ClF3N2O2. The number of hydrogen-bond donors (Lipinski definition) is 2. The first-order valence-electron chi connectivity index (χ1n) is 12.9. The molecule has 0 amide bonds. The fourth-order valence-corrected chi connectivity index (χ4v) is 5.78. The summed E-state index contributed by atoms with van der Waals surface area (Å²) in [6.45, 7) is 0.659. The zero-order chi connectivity index (χ0) is 27.9. The van der Waals surface area contributed by atoms with E-state index in [2.05, 4.69) is 28.5 Å². The van der Waals surface area contributed by atoms with Crippen LogP contribution in [0.25, 0.3) is 10.9 Å². The Balaban J connectivity index is 1.32. The Bertz CT molecular complexity index is 1680. The number of para-hydroxylation sites is 1. The van der Waals surface area contributed by atoms with Crippen LogP contribution >= 0.6 is 11.6 Å². The second kappa shape index (κ2) is 10.6. The fraction of sp³-hybridized carbons (Fsp3) is 0.188. The van der Waals surface area contributed by atoms with E-state index in [1.165, 1.54) is 11.6 Å². The van der Waals surface area contributed by atoms with Gasteiger partial charge in [0.1, 0.15) is 6.61 Å². The number of aromatic amines is 1. The summed E-state index contributed by atoms with van der Waals surface area (Å²) in [6.07, 6.45) is -4.41. The Kier molecular flexibility index (Phi) is 6.94. The second-order valence-corrected chi connectivity index (χ2v) is 10.2. The summed E-state index contributed by atoms with van der Waals surface area (Å²) in [5.74, 6) is 1.01. The number of alkyl halides is 3. The summed E-state index contributed by atoms with van der Waals surface area (Å²) >= 11 is 6.63. The van der Waals surface area contributed by atoms with Crippen molar-refractivity contribution in [2.45, 2.75) is 24.7 Å². The number of halogens is 4. The summed E-state index contributed by atoms with van der Waals surface area (Å²) in [5, 5.41) is 5.57. The molecule has 2 N–H and O–H groups in total. The summed E-state index contributed by atoms with van der Waals surface area (Å²) in [6, 6.07) is 26.8. The van der Waals surface area contributed by atoms with Gasteiger partial charge in [0, 0.05) is 34.1 Å². The van der Waals surface area contributed by atoms with Gasteiger partial charge in [-0.1, -0.05) is 66.2 Å². The average molecular weight is 563 g/mol. The standard InChI is InChI=1S/C32H26ClF3N2O2/c1-39-28-16-20(13-14-27(28)40-18-19-7-6-8-21(15-19)32(34,35)36)30-31-29(23-10-3-5-12-26(23)38-31)24(17-37-30)22-9-2-4-11-25(22)33/h2-16,24,30,37-38H,17-18H2,1H3/t24-,30-/m0/s1. The van der Waals surface area contributed by atoms with Gasteiger partial charge in [-0.25, -0.2) is 0 Å². The van der Waals surface area contributed by atoms with Crippen molar-refractivity contribution in [3.63, 3.8) is 0 Å². The van der Waals surface area contributed by atoms with Crippen LogP contribution < -0.4 is 14.8 Å². The average Bonchev–Trinajstić information content (AvgIpc) is 3.35. The van der Waals surface area contributed by atoms with E-state index in [9.17, 15) is 13.2 Å². The van der Waals surface area contributed by atoms with E-state index in [0.717, 1.165) is 44.9 Å². The molecule has 204 valence electrons. The molecule has 0 unspecified atom stereocenters. The van der Waals surface area contributed by atoms with Crippen LogP contribution in [-0.2, 0) is 12.8 Å². The third kappa shape index (κ3) is 4.91. The minimum absolute atomic E-state index is 0.0208. The van der Waals surface area contributed by atoms with Crippen LogP contribution in [-0.4, -0.2) is 18.6 Å². The molecule has 1 aromatic heterocycles. The van der Waals surface area contributed by atoms with Crippen molar-refractivity contribution in [2.24, 2.45) is 0 Å². The number of H-pyrrole nitrogens is 1. The third-order valence-electron chi connectivity index (χ3n) is 7.39. The molecule has 0 fully saturated rings. The van der Waals surface area contributed by atoms with E-state index in [-0.39, 0.29) is 18.6 Å². The van der Waals surface area contributed by atoms with Crippen molar-refractivity contribution in [3.8, 4) is 11.5 Å². The topological polar surface area (TPSA) is 46.3 Å². The molecule has 0 saturated heterocycles. The third-order valence-corrected chi connectivity index (χ3v) is 7.73. The lowest BCUT2D eigenvalue weighted by Gasteiger charge is -2.32. The molecule has 4 aromatic carbocycles. The zero-order valence-corrected chi connectivity index (χ0v) is 22.3. The number of benzene rings is 4. The number of ether oxygens (including phenoxy) is 2. The minimum atomic E-state index is -4.41. The Hall–Kier alpha value is -3.94. The van der Waals surface area contributed by atoms with Crippen molar-refractivity contribution in [1.29, 1.82) is 0 Å². The van der Waals surface area contributed by atoms with Gasteiger partial charge in [-0.05, 0) is 58.7 Å². The number of nitrogens with one attached hydrogen (secondary N) is 2. The maximum atomic E-state index is 13.1. The molecule has 0 aliphatic carbocycles. The van der Waals surface area contributed by atoms with E-state index in [1.807, 2.05) is 42.5 Å². The number of fused-ring (bicyclic) bond motifs is 3. The number of methoxy groups -OCH3 is 1. The largest absolute Gasteiger partial charge is 0.493 e. The molecule has 1 aliphatic rings. The highest BCUT2D eigenvalue weighted by atomic mass is 35.5. The van der Waals surface area contributed by atoms with Crippen molar-refractivity contribution in [3.05, 3.63) is 130 Å². The number of hydrogen-bond acceptors (Lipinski definition) is 3. The highest BCUT2D eigenvalue weighted by molar-refractivity contribution is 6.31. The summed E-state index contributed by atoms with van der Waals surface area (Å²) in [7, 11) is 1.55.